The molecule has 2 aliphatic heterocycles. The molecule has 92 valence electrons. The number of thiol groups is 1. The molecule has 0 saturated carbocycles. The molecule has 19 heavy (non-hydrogen) atoms. The lowest BCUT2D eigenvalue weighted by atomic mass is 10.1. The minimum absolute atomic E-state index is 0.414. The molecule has 0 saturated heterocycles. The standard InChI is InChI=1S/C13H9N5S/c14-5-8-10(7-3-1-2-4-9(7)15)18-12-11(8)16-6-17-13(12)19/h1-4,6,19H,15H2,(H,16,17). The van der Waals surface area contributed by atoms with Gasteiger partial charge in [0.15, 0.2) is 0 Å². The predicted octanol–water partition coefficient (Wildman–Crippen LogP) is 2.32. The lowest BCUT2D eigenvalue weighted by Gasteiger charge is -2.01. The van der Waals surface area contributed by atoms with Crippen LogP contribution in [0.3, 0.4) is 0 Å². The highest BCUT2D eigenvalue weighted by molar-refractivity contribution is 7.80. The summed E-state index contributed by atoms with van der Waals surface area (Å²) in [6.07, 6.45) is 1.49. The van der Waals surface area contributed by atoms with Crippen molar-refractivity contribution in [2.75, 3.05) is 5.73 Å². The number of nitrogens with two attached hydrogens (primary N) is 1. The monoisotopic (exact) mass is 267 g/mol. The number of fused-ring (bicyclic) bond motifs is 1. The highest BCUT2D eigenvalue weighted by Gasteiger charge is 2.23. The number of nitriles is 1. The van der Waals surface area contributed by atoms with Gasteiger partial charge in [-0.1, -0.05) is 18.2 Å². The number of nitrogens with one attached hydrogen (secondary N) is 1. The van der Waals surface area contributed by atoms with Crippen molar-refractivity contribution in [2.45, 2.75) is 5.03 Å². The van der Waals surface area contributed by atoms with Crippen molar-refractivity contribution in [3.63, 3.8) is 0 Å². The molecule has 0 aromatic heterocycles. The SMILES string of the molecule is N#Cc1c(-c2ccccc2N)nc2c(S)[nH]cnc1-2. The second-order valence-corrected chi connectivity index (χ2v) is 4.43. The average Bonchev–Trinajstić information content (AvgIpc) is 2.79. The lowest BCUT2D eigenvalue weighted by molar-refractivity contribution is 1.04. The molecule has 0 spiro atoms. The van der Waals surface area contributed by atoms with E-state index in [-0.39, 0.29) is 0 Å². The fourth-order valence-electron chi connectivity index (χ4n) is 1.98. The molecule has 5 nitrogen and oxygen atoms in total. The summed E-state index contributed by atoms with van der Waals surface area (Å²) in [4.78, 5) is 11.5. The summed E-state index contributed by atoms with van der Waals surface area (Å²) >= 11 is 4.29. The van der Waals surface area contributed by atoms with Crippen LogP contribution in [0.5, 0.6) is 0 Å². The molecule has 6 heteroatoms. The molecule has 3 N–H and O–H groups in total. The maximum absolute atomic E-state index is 9.34. The van der Waals surface area contributed by atoms with E-state index in [1.165, 1.54) is 6.33 Å². The zero-order chi connectivity index (χ0) is 13.4. The number of H-pyrrole nitrogens is 1. The van der Waals surface area contributed by atoms with Gasteiger partial charge in [0.1, 0.15) is 23.0 Å². The molecule has 2 aliphatic rings. The third-order valence-corrected chi connectivity index (χ3v) is 3.21. The highest BCUT2D eigenvalue weighted by Crippen LogP contribution is 2.36. The largest absolute Gasteiger partial charge is 0.398 e. The Bertz CT molecular complexity index is 771. The number of aromatic nitrogens is 3. The summed E-state index contributed by atoms with van der Waals surface area (Å²) in [7, 11) is 0. The van der Waals surface area contributed by atoms with Crippen molar-refractivity contribution in [1.29, 1.82) is 5.26 Å². The summed E-state index contributed by atoms with van der Waals surface area (Å²) < 4.78 is 0. The van der Waals surface area contributed by atoms with E-state index in [1.54, 1.807) is 6.07 Å². The normalized spacial score (nSPS) is 10.5. The molecule has 0 aliphatic carbocycles. The maximum Gasteiger partial charge on any atom is 0.121 e. The summed E-state index contributed by atoms with van der Waals surface area (Å²) in [6.45, 7) is 0. The molecule has 2 heterocycles. The summed E-state index contributed by atoms with van der Waals surface area (Å²) in [5.74, 6) is 0. The van der Waals surface area contributed by atoms with Crippen LogP contribution in [0, 0.1) is 11.3 Å². The molecule has 0 unspecified atom stereocenters. The number of hydrogen-bond donors (Lipinski definition) is 3. The first-order valence-corrected chi connectivity index (χ1v) is 5.98. The van der Waals surface area contributed by atoms with Gasteiger partial charge in [-0.2, -0.15) is 5.26 Å². The van der Waals surface area contributed by atoms with E-state index in [2.05, 4.69) is 33.6 Å². The number of rotatable bonds is 1. The summed E-state index contributed by atoms with van der Waals surface area (Å²) in [5, 5.41) is 9.91. The van der Waals surface area contributed by atoms with Gasteiger partial charge in [-0.3, -0.25) is 0 Å². The Morgan fingerprint density at radius 2 is 2.00 bits per heavy atom. The van der Waals surface area contributed by atoms with Gasteiger partial charge in [-0.15, -0.1) is 12.6 Å². The van der Waals surface area contributed by atoms with Crippen molar-refractivity contribution in [3.05, 3.63) is 36.2 Å². The first-order chi connectivity index (χ1) is 9.22. The second kappa shape index (κ2) is 4.30. The Balaban J connectivity index is 2.37. The number of benzene rings is 1. The minimum atomic E-state index is 0.414. The lowest BCUT2D eigenvalue weighted by Crippen LogP contribution is -1.90. The maximum atomic E-state index is 9.34. The number of para-hydroxylation sites is 1. The number of nitrogen functional groups attached to an aromatic ring is 1. The zero-order valence-electron chi connectivity index (χ0n) is 9.75. The quantitative estimate of drug-likeness (QED) is 0.358. The Morgan fingerprint density at radius 1 is 1.21 bits per heavy atom. The van der Waals surface area contributed by atoms with Gasteiger partial charge in [-0.25, -0.2) is 9.97 Å². The van der Waals surface area contributed by atoms with E-state index >= 15 is 0 Å². The fourth-order valence-corrected chi connectivity index (χ4v) is 2.20. The molecule has 0 bridgehead atoms. The van der Waals surface area contributed by atoms with Crippen LogP contribution in [0.25, 0.3) is 22.6 Å². The van der Waals surface area contributed by atoms with Crippen LogP contribution in [-0.4, -0.2) is 15.0 Å². The second-order valence-electron chi connectivity index (χ2n) is 3.98. The van der Waals surface area contributed by atoms with Gasteiger partial charge in [0.05, 0.1) is 17.0 Å². The molecule has 3 rings (SSSR count). The molecule has 0 atom stereocenters. The van der Waals surface area contributed by atoms with Crippen molar-refractivity contribution in [2.24, 2.45) is 0 Å². The van der Waals surface area contributed by atoms with Crippen LogP contribution >= 0.6 is 12.6 Å². The highest BCUT2D eigenvalue weighted by atomic mass is 32.1. The van der Waals surface area contributed by atoms with Crippen LogP contribution in [-0.2, 0) is 0 Å². The first-order valence-electron chi connectivity index (χ1n) is 5.53. The van der Waals surface area contributed by atoms with Crippen LogP contribution in [0.15, 0.2) is 35.6 Å². The van der Waals surface area contributed by atoms with Gasteiger partial charge in [0.2, 0.25) is 0 Å². The van der Waals surface area contributed by atoms with Crippen LogP contribution in [0.1, 0.15) is 5.56 Å². The summed E-state index contributed by atoms with van der Waals surface area (Å²) in [6, 6.07) is 9.44. The van der Waals surface area contributed by atoms with E-state index in [0.29, 0.717) is 33.4 Å². The fraction of sp³-hybridized carbons (Fsp3) is 0. The first kappa shape index (κ1) is 11.6. The average molecular weight is 267 g/mol. The Hall–Kier alpha value is -2.52. The molecular weight excluding hydrogens is 258 g/mol. The summed E-state index contributed by atoms with van der Waals surface area (Å²) in [5.41, 5.74) is 9.30. The van der Waals surface area contributed by atoms with Crippen molar-refractivity contribution >= 4 is 18.3 Å². The molecular formula is C13H9N5S. The Morgan fingerprint density at radius 3 is 2.74 bits per heavy atom. The smallest absolute Gasteiger partial charge is 0.121 e. The topological polar surface area (TPSA) is 91.4 Å². The minimum Gasteiger partial charge on any atom is -0.398 e. The zero-order valence-corrected chi connectivity index (χ0v) is 10.6. The van der Waals surface area contributed by atoms with Gasteiger partial charge < -0.3 is 10.7 Å². The van der Waals surface area contributed by atoms with E-state index in [9.17, 15) is 5.26 Å². The molecule has 0 amide bonds. The van der Waals surface area contributed by atoms with Crippen molar-refractivity contribution in [3.8, 4) is 28.7 Å². The number of nitrogens with zero attached hydrogens (tertiary/aromatic N) is 3. The molecule has 1 aromatic rings. The van der Waals surface area contributed by atoms with E-state index in [0.717, 1.165) is 5.56 Å². The Kier molecular flexibility index (Phi) is 2.62. The van der Waals surface area contributed by atoms with Crippen LogP contribution in [0.4, 0.5) is 5.69 Å². The van der Waals surface area contributed by atoms with Gasteiger partial charge in [0.25, 0.3) is 0 Å². The number of aromatic amines is 1. The number of hydrogen-bond acceptors (Lipinski definition) is 5. The predicted molar refractivity (Wildman–Crippen MR) is 74.8 cm³/mol. The van der Waals surface area contributed by atoms with Gasteiger partial charge in [0, 0.05) is 11.3 Å². The van der Waals surface area contributed by atoms with E-state index in [4.69, 9.17) is 5.73 Å². The van der Waals surface area contributed by atoms with Crippen LogP contribution < -0.4 is 5.73 Å². The molecule has 0 radical (unpaired) electrons. The molecule has 1 aromatic carbocycles. The molecule has 0 fully saturated rings. The third-order valence-electron chi connectivity index (χ3n) is 2.87. The van der Waals surface area contributed by atoms with Gasteiger partial charge in [-0.05, 0) is 6.07 Å². The third kappa shape index (κ3) is 1.72. The van der Waals surface area contributed by atoms with Gasteiger partial charge >= 0.3 is 0 Å². The van der Waals surface area contributed by atoms with Crippen LogP contribution in [0.2, 0.25) is 0 Å². The van der Waals surface area contributed by atoms with Crippen molar-refractivity contribution in [1.82, 2.24) is 15.0 Å². The Labute approximate surface area is 114 Å². The van der Waals surface area contributed by atoms with E-state index in [1.807, 2.05) is 18.2 Å². The van der Waals surface area contributed by atoms with Crippen molar-refractivity contribution < 1.29 is 0 Å². The van der Waals surface area contributed by atoms with E-state index < -0.39 is 0 Å². The number of anilines is 1.